The zero-order valence-electron chi connectivity index (χ0n) is 31.3. The number of aliphatic imine (C=N–C) groups is 2. The van der Waals surface area contributed by atoms with Gasteiger partial charge in [0.15, 0.2) is 5.84 Å². The van der Waals surface area contributed by atoms with Gasteiger partial charge in [-0.1, -0.05) is 174 Å². The summed E-state index contributed by atoms with van der Waals surface area (Å²) in [5, 5.41) is 0. The minimum absolute atomic E-state index is 0.0232. The molecule has 0 saturated carbocycles. The van der Waals surface area contributed by atoms with Crippen molar-refractivity contribution in [3.8, 4) is 22.3 Å². The van der Waals surface area contributed by atoms with Crippen LogP contribution in [0.1, 0.15) is 87.8 Å². The Morgan fingerprint density at radius 1 is 0.615 bits per heavy atom. The van der Waals surface area contributed by atoms with E-state index in [1.165, 1.54) is 50.1 Å². The zero-order chi connectivity index (χ0) is 36.0. The number of hydrogen-bond acceptors (Lipinski definition) is 2. The third-order valence-electron chi connectivity index (χ3n) is 11.9. The van der Waals surface area contributed by atoms with Crippen LogP contribution in [0.5, 0.6) is 0 Å². The van der Waals surface area contributed by atoms with Crippen LogP contribution in [0.15, 0.2) is 155 Å². The molecule has 1 aliphatic heterocycles. The Bertz CT molecular complexity index is 2290. The Balaban J connectivity index is 1.15. The maximum absolute atomic E-state index is 5.42. The van der Waals surface area contributed by atoms with Gasteiger partial charge >= 0.3 is 0 Å². The Kier molecular flexibility index (Phi) is 8.87. The molecule has 1 heterocycles. The topological polar surface area (TPSA) is 24.7 Å². The molecule has 2 heteroatoms. The molecule has 0 aromatic heterocycles. The largest absolute Gasteiger partial charge is 0.232 e. The first kappa shape index (κ1) is 33.8. The number of benzene rings is 5. The molecule has 0 fully saturated rings. The predicted octanol–water partition coefficient (Wildman–Crippen LogP) is 13.0. The summed E-state index contributed by atoms with van der Waals surface area (Å²) in [4.78, 5) is 10.7. The molecule has 0 N–H and O–H groups in total. The van der Waals surface area contributed by atoms with E-state index in [2.05, 4.69) is 181 Å². The maximum Gasteiger partial charge on any atom is 0.160 e. The molecule has 52 heavy (non-hydrogen) atoms. The second-order valence-electron chi connectivity index (χ2n) is 15.4. The molecule has 5 aromatic carbocycles. The minimum Gasteiger partial charge on any atom is -0.232 e. The van der Waals surface area contributed by atoms with Crippen LogP contribution in [0.3, 0.4) is 0 Å². The third kappa shape index (κ3) is 6.05. The van der Waals surface area contributed by atoms with Crippen molar-refractivity contribution < 1.29 is 0 Å². The Morgan fingerprint density at radius 2 is 1.25 bits per heavy atom. The van der Waals surface area contributed by atoms with Crippen LogP contribution >= 0.6 is 0 Å². The van der Waals surface area contributed by atoms with Crippen molar-refractivity contribution in [1.29, 1.82) is 0 Å². The van der Waals surface area contributed by atoms with E-state index in [9.17, 15) is 0 Å². The Hall–Kier alpha value is -5.34. The van der Waals surface area contributed by atoms with Gasteiger partial charge in [-0.2, -0.15) is 0 Å². The van der Waals surface area contributed by atoms with E-state index < -0.39 is 0 Å². The van der Waals surface area contributed by atoms with E-state index in [4.69, 9.17) is 9.98 Å². The highest BCUT2D eigenvalue weighted by molar-refractivity contribution is 6.14. The number of rotatable bonds is 6. The fourth-order valence-corrected chi connectivity index (χ4v) is 8.75. The molecular formula is C50H48N2. The molecule has 258 valence electrons. The van der Waals surface area contributed by atoms with E-state index in [0.29, 0.717) is 11.8 Å². The van der Waals surface area contributed by atoms with Gasteiger partial charge in [0.1, 0.15) is 0 Å². The molecule has 0 spiro atoms. The Labute approximate surface area is 310 Å². The van der Waals surface area contributed by atoms with Gasteiger partial charge in [-0.15, -0.1) is 0 Å². The number of nitrogens with zero attached hydrogens (tertiary/aromatic N) is 2. The number of hydrogen-bond donors (Lipinski definition) is 0. The first-order valence-corrected chi connectivity index (χ1v) is 19.0. The SMILES string of the molecule is CCC1C(C)=CC=C(c2ccc(C3=N/C(c4ccccc4)=C/CC(C)C(c4ccc(-c5ccc6c(c5)C(C)(C)c5ccccc5-6)cc4)=N3)cc2)C1C. The lowest BCUT2D eigenvalue weighted by Crippen LogP contribution is -2.17. The molecule has 8 rings (SSSR count). The summed E-state index contributed by atoms with van der Waals surface area (Å²) in [7, 11) is 0. The first-order valence-electron chi connectivity index (χ1n) is 19.0. The standard InChI is InChI=1S/C50H48N2/c1-7-41-32(2)17-28-42(34(41)4)36-21-25-39(26-22-36)49-51-47(37-13-9-8-10-14-37)30-18-33(3)48(52-49)38-23-19-35(20-24-38)40-27-29-44-43-15-11-12-16-45(43)50(5,6)46(44)31-40/h8-17,19-31,33-34,41H,7,18H2,1-6H3/b47-30+,51-49?,52-48?. The fourth-order valence-electron chi connectivity index (χ4n) is 8.75. The van der Waals surface area contributed by atoms with Crippen molar-refractivity contribution in [3.63, 3.8) is 0 Å². The second-order valence-corrected chi connectivity index (χ2v) is 15.4. The molecule has 3 unspecified atom stereocenters. The molecule has 0 radical (unpaired) electrons. The van der Waals surface area contributed by atoms with Gasteiger partial charge in [-0.05, 0) is 93.3 Å². The third-order valence-corrected chi connectivity index (χ3v) is 11.9. The molecule has 2 aliphatic carbocycles. The molecule has 0 bridgehead atoms. The molecule has 3 atom stereocenters. The Morgan fingerprint density at radius 3 is 2.00 bits per heavy atom. The molecule has 2 nitrogen and oxygen atoms in total. The summed E-state index contributed by atoms with van der Waals surface area (Å²) in [6.45, 7) is 13.9. The predicted molar refractivity (Wildman–Crippen MR) is 222 cm³/mol. The van der Waals surface area contributed by atoms with E-state index in [1.54, 1.807) is 0 Å². The van der Waals surface area contributed by atoms with Crippen molar-refractivity contribution in [2.24, 2.45) is 27.7 Å². The van der Waals surface area contributed by atoms with Crippen LogP contribution in [-0.2, 0) is 5.41 Å². The van der Waals surface area contributed by atoms with Crippen LogP contribution in [0, 0.1) is 17.8 Å². The molecule has 0 amide bonds. The summed E-state index contributed by atoms with van der Waals surface area (Å²) in [6.07, 6.45) is 8.92. The first-order chi connectivity index (χ1) is 25.2. The lowest BCUT2D eigenvalue weighted by molar-refractivity contribution is 0.478. The highest BCUT2D eigenvalue weighted by atomic mass is 14.9. The summed E-state index contributed by atoms with van der Waals surface area (Å²) < 4.78 is 0. The fraction of sp³-hybridized carbons (Fsp3) is 0.240. The minimum atomic E-state index is -0.0232. The second kappa shape index (κ2) is 13.7. The number of fused-ring (bicyclic) bond motifs is 3. The van der Waals surface area contributed by atoms with E-state index in [1.807, 2.05) is 0 Å². The van der Waals surface area contributed by atoms with Gasteiger partial charge in [-0.25, -0.2) is 9.98 Å². The summed E-state index contributed by atoms with van der Waals surface area (Å²) in [5.74, 6) is 2.03. The summed E-state index contributed by atoms with van der Waals surface area (Å²) in [5.41, 5.74) is 17.4. The van der Waals surface area contributed by atoms with Gasteiger partial charge in [0.25, 0.3) is 0 Å². The van der Waals surface area contributed by atoms with Crippen LogP contribution in [0.4, 0.5) is 0 Å². The molecule has 3 aliphatic rings. The number of allylic oxidation sites excluding steroid dienone is 5. The van der Waals surface area contributed by atoms with Crippen LogP contribution in [0.25, 0.3) is 33.5 Å². The van der Waals surface area contributed by atoms with Crippen molar-refractivity contribution in [2.75, 3.05) is 0 Å². The lowest BCUT2D eigenvalue weighted by atomic mass is 9.75. The van der Waals surface area contributed by atoms with E-state index >= 15 is 0 Å². The van der Waals surface area contributed by atoms with Gasteiger partial charge in [0.05, 0.1) is 11.4 Å². The van der Waals surface area contributed by atoms with Gasteiger partial charge in [0, 0.05) is 16.9 Å². The monoisotopic (exact) mass is 676 g/mol. The highest BCUT2D eigenvalue weighted by Gasteiger charge is 2.35. The average molecular weight is 677 g/mol. The smallest absolute Gasteiger partial charge is 0.160 e. The van der Waals surface area contributed by atoms with Crippen LogP contribution in [-0.4, -0.2) is 11.5 Å². The van der Waals surface area contributed by atoms with Gasteiger partial charge in [0.2, 0.25) is 0 Å². The highest BCUT2D eigenvalue weighted by Crippen LogP contribution is 2.49. The van der Waals surface area contributed by atoms with Gasteiger partial charge < -0.3 is 0 Å². The van der Waals surface area contributed by atoms with Crippen molar-refractivity contribution >= 4 is 22.8 Å². The molecule has 5 aromatic rings. The quantitative estimate of drug-likeness (QED) is 0.171. The summed E-state index contributed by atoms with van der Waals surface area (Å²) in [6, 6.07) is 44.3. The summed E-state index contributed by atoms with van der Waals surface area (Å²) >= 11 is 0. The van der Waals surface area contributed by atoms with Gasteiger partial charge in [-0.3, -0.25) is 0 Å². The van der Waals surface area contributed by atoms with Crippen molar-refractivity contribution in [2.45, 2.75) is 59.8 Å². The average Bonchev–Trinajstić information content (AvgIpc) is 3.40. The lowest BCUT2D eigenvalue weighted by Gasteiger charge is -2.29. The normalized spacial score (nSPS) is 21.7. The zero-order valence-corrected chi connectivity index (χ0v) is 31.3. The molecular weight excluding hydrogens is 629 g/mol. The van der Waals surface area contributed by atoms with E-state index in [0.717, 1.165) is 46.8 Å². The maximum atomic E-state index is 5.42. The van der Waals surface area contributed by atoms with E-state index in [-0.39, 0.29) is 11.3 Å². The van der Waals surface area contributed by atoms with Crippen molar-refractivity contribution in [1.82, 2.24) is 0 Å². The molecule has 0 saturated heterocycles. The van der Waals surface area contributed by atoms with Crippen LogP contribution < -0.4 is 0 Å². The number of amidine groups is 1. The van der Waals surface area contributed by atoms with Crippen LogP contribution in [0.2, 0.25) is 0 Å². The van der Waals surface area contributed by atoms with Crippen molar-refractivity contribution in [3.05, 3.63) is 179 Å².